The number of phenolic OH excluding ortho intramolecular Hbond substituents is 1. The first-order chi connectivity index (χ1) is 10.1. The Kier molecular flexibility index (Phi) is 4.32. The average Bonchev–Trinajstić information content (AvgIpc) is 2.48. The Morgan fingerprint density at radius 1 is 1.24 bits per heavy atom. The van der Waals surface area contributed by atoms with Crippen molar-refractivity contribution < 1.29 is 5.11 Å². The number of hydrogen-bond acceptors (Lipinski definition) is 2. The van der Waals surface area contributed by atoms with Gasteiger partial charge in [0.1, 0.15) is 5.75 Å². The van der Waals surface area contributed by atoms with Gasteiger partial charge in [-0.25, -0.2) is 0 Å². The number of nitrogens with one attached hydrogen (secondary N) is 1. The molecular weight excluding hydrogens is 326 g/mol. The molecular formula is C18H20BrNO. The van der Waals surface area contributed by atoms with Gasteiger partial charge in [-0.2, -0.15) is 0 Å². The first-order valence-corrected chi connectivity index (χ1v) is 8.26. The van der Waals surface area contributed by atoms with Gasteiger partial charge in [0.05, 0.1) is 0 Å². The van der Waals surface area contributed by atoms with E-state index in [0.29, 0.717) is 11.8 Å². The molecule has 0 amide bonds. The van der Waals surface area contributed by atoms with Crippen LogP contribution in [0.1, 0.15) is 48.5 Å². The second kappa shape index (κ2) is 6.20. The number of hydrogen-bond donors (Lipinski definition) is 2. The topological polar surface area (TPSA) is 32.3 Å². The van der Waals surface area contributed by atoms with Gasteiger partial charge in [-0.1, -0.05) is 40.2 Å². The van der Waals surface area contributed by atoms with Crippen LogP contribution >= 0.6 is 15.9 Å². The number of aryl methyl sites for hydroxylation is 1. The van der Waals surface area contributed by atoms with Gasteiger partial charge in [0.2, 0.25) is 0 Å². The number of fused-ring (bicyclic) bond motifs is 1. The quantitative estimate of drug-likeness (QED) is 0.830. The summed E-state index contributed by atoms with van der Waals surface area (Å²) in [7, 11) is 0. The third-order valence-corrected chi connectivity index (χ3v) is 4.99. The normalized spacial score (nSPS) is 19.0. The first kappa shape index (κ1) is 14.6. The van der Waals surface area contributed by atoms with Crippen molar-refractivity contribution in [3.8, 4) is 5.75 Å². The molecule has 0 aromatic heterocycles. The molecule has 1 aliphatic rings. The summed E-state index contributed by atoms with van der Waals surface area (Å²) >= 11 is 3.63. The molecule has 2 N–H and O–H groups in total. The van der Waals surface area contributed by atoms with Crippen molar-refractivity contribution >= 4 is 15.9 Å². The second-order valence-electron chi connectivity index (χ2n) is 5.74. The average molecular weight is 346 g/mol. The summed E-state index contributed by atoms with van der Waals surface area (Å²) < 4.78 is 1.14. The molecule has 0 spiro atoms. The van der Waals surface area contributed by atoms with Crippen LogP contribution in [0.5, 0.6) is 5.75 Å². The Labute approximate surface area is 134 Å². The lowest BCUT2D eigenvalue weighted by molar-refractivity contribution is 0.410. The molecule has 2 aromatic carbocycles. The van der Waals surface area contributed by atoms with Crippen LogP contribution in [0, 0.1) is 0 Å². The summed E-state index contributed by atoms with van der Waals surface area (Å²) in [5.74, 6) is 0.357. The third-order valence-electron chi connectivity index (χ3n) is 4.27. The fourth-order valence-corrected chi connectivity index (χ4v) is 3.81. The van der Waals surface area contributed by atoms with Gasteiger partial charge in [0, 0.05) is 16.6 Å². The molecule has 0 radical (unpaired) electrons. The predicted molar refractivity (Wildman–Crippen MR) is 89.5 cm³/mol. The lowest BCUT2D eigenvalue weighted by atomic mass is 9.87. The summed E-state index contributed by atoms with van der Waals surface area (Å²) in [5, 5.41) is 13.5. The van der Waals surface area contributed by atoms with Gasteiger partial charge in [-0.05, 0) is 61.1 Å². The van der Waals surface area contributed by atoms with Crippen LogP contribution < -0.4 is 5.32 Å². The van der Waals surface area contributed by atoms with Gasteiger partial charge in [-0.3, -0.25) is 0 Å². The molecule has 2 atom stereocenters. The van der Waals surface area contributed by atoms with Crippen molar-refractivity contribution in [1.29, 1.82) is 0 Å². The predicted octanol–water partition coefficient (Wildman–Crippen LogP) is 4.88. The fraction of sp³-hybridized carbons (Fsp3) is 0.333. The van der Waals surface area contributed by atoms with E-state index < -0.39 is 0 Å². The van der Waals surface area contributed by atoms with Crippen molar-refractivity contribution in [3.63, 3.8) is 0 Å². The van der Waals surface area contributed by atoms with Crippen LogP contribution in [-0.2, 0) is 6.42 Å². The number of halogens is 1. The molecule has 0 saturated carbocycles. The van der Waals surface area contributed by atoms with E-state index in [-0.39, 0.29) is 6.04 Å². The van der Waals surface area contributed by atoms with Crippen molar-refractivity contribution in [2.75, 3.05) is 0 Å². The Bertz CT molecular complexity index is 641. The second-order valence-corrected chi connectivity index (χ2v) is 6.59. The largest absolute Gasteiger partial charge is 0.508 e. The van der Waals surface area contributed by atoms with Crippen LogP contribution in [-0.4, -0.2) is 5.11 Å². The van der Waals surface area contributed by atoms with Crippen LogP contribution in [0.25, 0.3) is 0 Å². The summed E-state index contributed by atoms with van der Waals surface area (Å²) in [5.41, 5.74) is 3.88. The SMILES string of the molecule is C[C@H](NC1CCCc2ccc(O)cc21)c1ccccc1Br. The zero-order valence-electron chi connectivity index (χ0n) is 12.1. The fourth-order valence-electron chi connectivity index (χ4n) is 3.18. The molecule has 0 saturated heterocycles. The minimum atomic E-state index is 0.263. The lowest BCUT2D eigenvalue weighted by Gasteiger charge is -2.30. The van der Waals surface area contributed by atoms with E-state index in [1.165, 1.54) is 23.1 Å². The monoisotopic (exact) mass is 345 g/mol. The summed E-state index contributed by atoms with van der Waals surface area (Å²) in [4.78, 5) is 0. The molecule has 21 heavy (non-hydrogen) atoms. The molecule has 3 rings (SSSR count). The molecule has 1 aliphatic carbocycles. The van der Waals surface area contributed by atoms with E-state index in [0.717, 1.165) is 17.3 Å². The minimum absolute atomic E-state index is 0.263. The zero-order chi connectivity index (χ0) is 14.8. The molecule has 2 nitrogen and oxygen atoms in total. The number of rotatable bonds is 3. The van der Waals surface area contributed by atoms with E-state index in [9.17, 15) is 5.11 Å². The number of aromatic hydroxyl groups is 1. The number of benzene rings is 2. The highest BCUT2D eigenvalue weighted by Gasteiger charge is 2.22. The zero-order valence-corrected chi connectivity index (χ0v) is 13.7. The Hall–Kier alpha value is -1.32. The maximum absolute atomic E-state index is 9.77. The van der Waals surface area contributed by atoms with E-state index >= 15 is 0 Å². The molecule has 2 aromatic rings. The number of phenols is 1. The first-order valence-electron chi connectivity index (χ1n) is 7.47. The Morgan fingerprint density at radius 2 is 2.05 bits per heavy atom. The maximum Gasteiger partial charge on any atom is 0.115 e. The van der Waals surface area contributed by atoms with E-state index in [4.69, 9.17) is 0 Å². The van der Waals surface area contributed by atoms with Crippen molar-refractivity contribution in [1.82, 2.24) is 5.32 Å². The van der Waals surface area contributed by atoms with Gasteiger partial charge in [0.25, 0.3) is 0 Å². The van der Waals surface area contributed by atoms with Gasteiger partial charge >= 0.3 is 0 Å². The molecule has 1 unspecified atom stereocenters. The lowest BCUT2D eigenvalue weighted by Crippen LogP contribution is -2.28. The minimum Gasteiger partial charge on any atom is -0.508 e. The van der Waals surface area contributed by atoms with Gasteiger partial charge < -0.3 is 10.4 Å². The van der Waals surface area contributed by atoms with E-state index in [1.54, 1.807) is 6.07 Å². The van der Waals surface area contributed by atoms with Crippen molar-refractivity contribution in [3.05, 3.63) is 63.6 Å². The Morgan fingerprint density at radius 3 is 2.86 bits per heavy atom. The summed E-state index contributed by atoms with van der Waals surface area (Å²) in [6, 6.07) is 14.7. The third kappa shape index (κ3) is 3.14. The molecule has 0 heterocycles. The highest BCUT2D eigenvalue weighted by Crippen LogP contribution is 2.34. The molecule has 0 aliphatic heterocycles. The standard InChI is InChI=1S/C18H20BrNO/c1-12(15-6-2-3-7-17(15)19)20-18-8-4-5-13-9-10-14(21)11-16(13)18/h2-3,6-7,9-12,18,20-21H,4-5,8H2,1H3/t12-,18?/m0/s1. The van der Waals surface area contributed by atoms with Gasteiger partial charge in [0.15, 0.2) is 0 Å². The van der Waals surface area contributed by atoms with Crippen LogP contribution in [0.15, 0.2) is 46.9 Å². The van der Waals surface area contributed by atoms with E-state index in [2.05, 4.69) is 52.4 Å². The van der Waals surface area contributed by atoms with E-state index in [1.807, 2.05) is 12.1 Å². The Balaban J connectivity index is 1.83. The van der Waals surface area contributed by atoms with Crippen molar-refractivity contribution in [2.45, 2.75) is 38.3 Å². The van der Waals surface area contributed by atoms with Crippen LogP contribution in [0.4, 0.5) is 0 Å². The van der Waals surface area contributed by atoms with Crippen LogP contribution in [0.3, 0.4) is 0 Å². The van der Waals surface area contributed by atoms with Crippen molar-refractivity contribution in [2.24, 2.45) is 0 Å². The maximum atomic E-state index is 9.77. The van der Waals surface area contributed by atoms with Gasteiger partial charge in [-0.15, -0.1) is 0 Å². The highest BCUT2D eigenvalue weighted by atomic mass is 79.9. The smallest absolute Gasteiger partial charge is 0.115 e. The summed E-state index contributed by atoms with van der Waals surface area (Å²) in [6.07, 6.45) is 3.42. The van der Waals surface area contributed by atoms with Crippen LogP contribution in [0.2, 0.25) is 0 Å². The molecule has 3 heteroatoms. The highest BCUT2D eigenvalue weighted by molar-refractivity contribution is 9.10. The summed E-state index contributed by atoms with van der Waals surface area (Å²) in [6.45, 7) is 2.19. The molecule has 0 fully saturated rings. The molecule has 0 bridgehead atoms. The molecule has 110 valence electrons.